The Balaban J connectivity index is 1.37. The Bertz CT molecular complexity index is 1280. The Morgan fingerprint density at radius 2 is 1.63 bits per heavy atom. The number of hydrogen-bond donors (Lipinski definition) is 1. The van der Waals surface area contributed by atoms with E-state index in [1.165, 1.54) is 12.2 Å². The molecular formula is C36H49N3O7. The average Bonchev–Trinajstić information content (AvgIpc) is 3.58. The molecule has 1 N–H and O–H groups in total. The maximum absolute atomic E-state index is 13.9. The monoisotopic (exact) mass is 635 g/mol. The van der Waals surface area contributed by atoms with Crippen LogP contribution in [0.1, 0.15) is 81.6 Å². The molecule has 0 aromatic heterocycles. The van der Waals surface area contributed by atoms with Gasteiger partial charge < -0.3 is 19.7 Å². The fraction of sp³-hybridized carbons (Fsp3) is 0.556. The zero-order chi connectivity index (χ0) is 33.1. The normalized spacial score (nSPS) is 17.2. The van der Waals surface area contributed by atoms with Crippen molar-refractivity contribution in [3.63, 3.8) is 0 Å². The van der Waals surface area contributed by atoms with Gasteiger partial charge in [-0.1, -0.05) is 76.8 Å². The molecule has 46 heavy (non-hydrogen) atoms. The number of hydrogen-bond acceptors (Lipinski definition) is 7. The molecule has 1 saturated carbocycles. The fourth-order valence-electron chi connectivity index (χ4n) is 6.25. The van der Waals surface area contributed by atoms with Crippen LogP contribution < -0.4 is 10.1 Å². The molecule has 10 nitrogen and oxygen atoms in total. The number of nitrogens with one attached hydrogen (secondary N) is 1. The maximum atomic E-state index is 13.9. The number of hydroxylamine groups is 2. The van der Waals surface area contributed by atoms with Gasteiger partial charge in [0.25, 0.3) is 0 Å². The Kier molecular flexibility index (Phi) is 12.6. The standard InChI is InChI=1S/C36H49N3O7/c1-36(2,3)32(34(42)38-20-18-31(19-21-38)46-30-16-14-28(15-17-30)35(43)44-4)37-33(41)29(22-26-10-8-9-11-26)23-39(25-40)45-24-27-12-6-5-7-13-27/h5-7,12-17,25-26,29,31-32H,8-11,18-24H2,1-4H3,(H,37,41)/t29?,32-/m1/s1. The van der Waals surface area contributed by atoms with Gasteiger partial charge in [0, 0.05) is 25.9 Å². The van der Waals surface area contributed by atoms with Gasteiger partial charge in [-0.15, -0.1) is 0 Å². The first-order valence-electron chi connectivity index (χ1n) is 16.4. The molecule has 4 rings (SSSR count). The average molecular weight is 636 g/mol. The lowest BCUT2D eigenvalue weighted by molar-refractivity contribution is -0.182. The van der Waals surface area contributed by atoms with E-state index < -0.39 is 23.3 Å². The quantitative estimate of drug-likeness (QED) is 0.173. The van der Waals surface area contributed by atoms with E-state index in [0.717, 1.165) is 31.2 Å². The number of esters is 1. The number of methoxy groups -OCH3 is 1. The predicted molar refractivity (Wildman–Crippen MR) is 173 cm³/mol. The summed E-state index contributed by atoms with van der Waals surface area (Å²) in [5.74, 6) is -0.203. The van der Waals surface area contributed by atoms with Gasteiger partial charge in [-0.05, 0) is 47.6 Å². The molecule has 2 aliphatic rings. The van der Waals surface area contributed by atoms with E-state index in [2.05, 4.69) is 5.32 Å². The Morgan fingerprint density at radius 1 is 0.978 bits per heavy atom. The predicted octanol–water partition coefficient (Wildman–Crippen LogP) is 5.16. The van der Waals surface area contributed by atoms with Gasteiger partial charge >= 0.3 is 5.97 Å². The van der Waals surface area contributed by atoms with Crippen LogP contribution in [0.25, 0.3) is 0 Å². The second-order valence-corrected chi connectivity index (χ2v) is 13.5. The second-order valence-electron chi connectivity index (χ2n) is 13.5. The first-order valence-corrected chi connectivity index (χ1v) is 16.4. The van der Waals surface area contributed by atoms with Crippen molar-refractivity contribution in [2.45, 2.75) is 84.5 Å². The van der Waals surface area contributed by atoms with Crippen LogP contribution in [0.4, 0.5) is 0 Å². The van der Waals surface area contributed by atoms with Crippen LogP contribution >= 0.6 is 0 Å². The smallest absolute Gasteiger partial charge is 0.337 e. The first-order chi connectivity index (χ1) is 22.1. The number of likely N-dealkylation sites (tertiary alicyclic amines) is 1. The lowest BCUT2D eigenvalue weighted by Crippen LogP contribution is -2.58. The van der Waals surface area contributed by atoms with Gasteiger partial charge in [-0.3, -0.25) is 19.2 Å². The van der Waals surface area contributed by atoms with Crippen molar-refractivity contribution in [1.82, 2.24) is 15.3 Å². The summed E-state index contributed by atoms with van der Waals surface area (Å²) in [6.07, 6.45) is 6.89. The molecule has 0 spiro atoms. The molecule has 1 heterocycles. The van der Waals surface area contributed by atoms with E-state index in [1.54, 1.807) is 24.3 Å². The van der Waals surface area contributed by atoms with E-state index in [0.29, 0.717) is 56.0 Å². The zero-order valence-electron chi connectivity index (χ0n) is 27.6. The molecule has 0 bridgehead atoms. The highest BCUT2D eigenvalue weighted by molar-refractivity contribution is 5.90. The molecule has 250 valence electrons. The third kappa shape index (κ3) is 10.0. The lowest BCUT2D eigenvalue weighted by Gasteiger charge is -2.39. The maximum Gasteiger partial charge on any atom is 0.337 e. The topological polar surface area (TPSA) is 114 Å². The molecule has 10 heteroatoms. The van der Waals surface area contributed by atoms with Gasteiger partial charge in [-0.2, -0.15) is 0 Å². The van der Waals surface area contributed by atoms with Crippen molar-refractivity contribution in [2.24, 2.45) is 17.3 Å². The SMILES string of the molecule is COC(=O)c1ccc(OC2CCN(C(=O)[C@@H](NC(=O)C(CC3CCCC3)CN(C=O)OCc3ccccc3)C(C)(C)C)CC2)cc1. The number of piperidine rings is 1. The number of carbonyl (C=O) groups excluding carboxylic acids is 4. The molecule has 0 radical (unpaired) electrons. The van der Waals surface area contributed by atoms with Crippen molar-refractivity contribution in [2.75, 3.05) is 26.7 Å². The minimum Gasteiger partial charge on any atom is -0.490 e. The fourth-order valence-corrected chi connectivity index (χ4v) is 6.25. The number of rotatable bonds is 14. The third-order valence-electron chi connectivity index (χ3n) is 8.95. The van der Waals surface area contributed by atoms with E-state index in [9.17, 15) is 19.2 Å². The van der Waals surface area contributed by atoms with Crippen LogP contribution in [0.3, 0.4) is 0 Å². The Labute approximate surface area is 272 Å². The van der Waals surface area contributed by atoms with Gasteiger partial charge in [-0.25, -0.2) is 9.86 Å². The van der Waals surface area contributed by atoms with Crippen LogP contribution in [0.15, 0.2) is 54.6 Å². The van der Waals surface area contributed by atoms with E-state index >= 15 is 0 Å². The van der Waals surface area contributed by atoms with Crippen molar-refractivity contribution >= 4 is 24.2 Å². The van der Waals surface area contributed by atoms with Gasteiger partial charge in [0.05, 0.1) is 25.1 Å². The molecule has 2 atom stereocenters. The summed E-state index contributed by atoms with van der Waals surface area (Å²) in [6, 6.07) is 15.7. The highest BCUT2D eigenvalue weighted by Gasteiger charge is 2.39. The highest BCUT2D eigenvalue weighted by atomic mass is 16.7. The van der Waals surface area contributed by atoms with Gasteiger partial charge in [0.2, 0.25) is 18.2 Å². The summed E-state index contributed by atoms with van der Waals surface area (Å²) in [7, 11) is 1.34. The number of benzene rings is 2. The lowest BCUT2D eigenvalue weighted by atomic mass is 9.84. The first kappa shape index (κ1) is 34.9. The summed E-state index contributed by atoms with van der Waals surface area (Å²) in [5.41, 5.74) is 0.845. The van der Waals surface area contributed by atoms with Crippen molar-refractivity contribution in [3.8, 4) is 5.75 Å². The van der Waals surface area contributed by atoms with E-state index in [1.807, 2.05) is 56.0 Å². The molecule has 1 saturated heterocycles. The molecule has 2 fully saturated rings. The number of amides is 3. The Hall–Kier alpha value is -3.92. The highest BCUT2D eigenvalue weighted by Crippen LogP contribution is 2.32. The second kappa shape index (κ2) is 16.6. The van der Waals surface area contributed by atoms with Crippen LogP contribution in [0.5, 0.6) is 5.75 Å². The molecular weight excluding hydrogens is 586 g/mol. The van der Waals surface area contributed by atoms with Gasteiger partial charge in [0.1, 0.15) is 24.5 Å². The largest absolute Gasteiger partial charge is 0.490 e. The summed E-state index contributed by atoms with van der Waals surface area (Å²) in [5, 5.41) is 4.32. The van der Waals surface area contributed by atoms with Crippen LogP contribution in [0.2, 0.25) is 0 Å². The minimum atomic E-state index is -0.732. The zero-order valence-corrected chi connectivity index (χ0v) is 27.6. The number of ether oxygens (including phenoxy) is 2. The third-order valence-corrected chi connectivity index (χ3v) is 8.95. The molecule has 1 aliphatic heterocycles. The minimum absolute atomic E-state index is 0.0725. The van der Waals surface area contributed by atoms with Crippen molar-refractivity contribution < 1.29 is 33.5 Å². The molecule has 3 amide bonds. The number of carbonyl (C=O) groups is 4. The van der Waals surface area contributed by atoms with Crippen molar-refractivity contribution in [3.05, 3.63) is 65.7 Å². The van der Waals surface area contributed by atoms with Crippen molar-refractivity contribution in [1.29, 1.82) is 0 Å². The number of nitrogens with zero attached hydrogens (tertiary/aromatic N) is 2. The summed E-state index contributed by atoms with van der Waals surface area (Å²) in [6.45, 7) is 7.21. The van der Waals surface area contributed by atoms with Gasteiger partial charge in [0.15, 0.2) is 0 Å². The molecule has 1 aliphatic carbocycles. The Morgan fingerprint density at radius 3 is 2.22 bits per heavy atom. The summed E-state index contributed by atoms with van der Waals surface area (Å²) >= 11 is 0. The van der Waals surface area contributed by atoms with E-state index in [-0.39, 0.29) is 31.1 Å². The molecule has 1 unspecified atom stereocenters. The summed E-state index contributed by atoms with van der Waals surface area (Å²) < 4.78 is 10.9. The van der Waals surface area contributed by atoms with Crippen LogP contribution in [-0.2, 0) is 30.6 Å². The van der Waals surface area contributed by atoms with Crippen LogP contribution in [0, 0.1) is 17.3 Å². The van der Waals surface area contributed by atoms with E-state index in [4.69, 9.17) is 14.3 Å². The van der Waals surface area contributed by atoms with Crippen LogP contribution in [-0.4, -0.2) is 73.0 Å². The molecule has 2 aromatic carbocycles. The summed E-state index contributed by atoms with van der Waals surface area (Å²) in [4.78, 5) is 59.1. The molecule has 2 aromatic rings.